The molecule has 0 aliphatic heterocycles. The number of nitrogens with zero attached hydrogens (tertiary/aromatic N) is 2. The van der Waals surface area contributed by atoms with Gasteiger partial charge in [-0.2, -0.15) is 4.98 Å². The first-order valence-electron chi connectivity index (χ1n) is 7.91. The Balaban J connectivity index is 1.76. The molecule has 8 heteroatoms. The molecule has 1 unspecified atom stereocenters. The first-order chi connectivity index (χ1) is 11.3. The first kappa shape index (κ1) is 17.0. The number of aromatic nitrogens is 2. The minimum Gasteiger partial charge on any atom is -0.339 e. The number of hydrogen-bond acceptors (Lipinski definition) is 6. The third-order valence-corrected chi connectivity index (χ3v) is 6.38. The van der Waals surface area contributed by atoms with Crippen LogP contribution in [0.25, 0.3) is 0 Å². The molecule has 1 aromatic carbocycles. The van der Waals surface area contributed by atoms with E-state index in [1.54, 1.807) is 6.92 Å². The van der Waals surface area contributed by atoms with Crippen molar-refractivity contribution < 1.29 is 17.3 Å². The number of nitrogens with two attached hydrogens (primary N) is 1. The van der Waals surface area contributed by atoms with Gasteiger partial charge in [-0.25, -0.2) is 12.8 Å². The molecule has 2 aromatic rings. The van der Waals surface area contributed by atoms with E-state index in [1.807, 2.05) is 0 Å². The number of sulfone groups is 1. The lowest BCUT2D eigenvalue weighted by molar-refractivity contribution is 0.341. The second kappa shape index (κ2) is 6.25. The molecule has 0 amide bonds. The van der Waals surface area contributed by atoms with Crippen LogP contribution in [-0.4, -0.2) is 24.3 Å². The van der Waals surface area contributed by atoms with E-state index in [1.165, 1.54) is 12.1 Å². The lowest BCUT2D eigenvalue weighted by Gasteiger charge is -2.17. The third-order valence-electron chi connectivity index (χ3n) is 4.45. The fraction of sp³-hybridized carbons (Fsp3) is 0.500. The highest BCUT2D eigenvalue weighted by Gasteiger charge is 2.36. The average Bonchev–Trinajstić information content (AvgIpc) is 3.17. The fourth-order valence-electron chi connectivity index (χ4n) is 3.01. The minimum absolute atomic E-state index is 0.0709. The highest BCUT2D eigenvalue weighted by molar-refractivity contribution is 7.91. The van der Waals surface area contributed by atoms with Gasteiger partial charge in [-0.15, -0.1) is 0 Å². The van der Waals surface area contributed by atoms with Gasteiger partial charge in [-0.3, -0.25) is 0 Å². The van der Waals surface area contributed by atoms with E-state index in [2.05, 4.69) is 10.1 Å². The molecule has 1 fully saturated rings. The van der Waals surface area contributed by atoms with E-state index < -0.39 is 27.1 Å². The van der Waals surface area contributed by atoms with Gasteiger partial charge in [0.15, 0.2) is 15.7 Å². The predicted octanol–water partition coefficient (Wildman–Crippen LogP) is 2.51. The Labute approximate surface area is 140 Å². The van der Waals surface area contributed by atoms with Crippen LogP contribution in [0, 0.1) is 5.82 Å². The third kappa shape index (κ3) is 3.34. The Morgan fingerprint density at radius 1 is 1.29 bits per heavy atom. The largest absolute Gasteiger partial charge is 0.339 e. The summed E-state index contributed by atoms with van der Waals surface area (Å²) in [6.07, 6.45) is 3.65. The average molecular weight is 353 g/mol. The summed E-state index contributed by atoms with van der Waals surface area (Å²) in [6, 6.07) is 4.76. The monoisotopic (exact) mass is 353 g/mol. The van der Waals surface area contributed by atoms with Gasteiger partial charge in [0.2, 0.25) is 5.89 Å². The maximum Gasteiger partial charge on any atom is 0.230 e. The van der Waals surface area contributed by atoms with Gasteiger partial charge in [0, 0.05) is 5.92 Å². The molecule has 1 saturated carbocycles. The van der Waals surface area contributed by atoms with Crippen molar-refractivity contribution in [3.8, 4) is 0 Å². The summed E-state index contributed by atoms with van der Waals surface area (Å²) in [5.41, 5.74) is 5.72. The van der Waals surface area contributed by atoms with Crippen LogP contribution in [0.5, 0.6) is 0 Å². The van der Waals surface area contributed by atoms with E-state index in [9.17, 15) is 12.8 Å². The Hall–Kier alpha value is -1.80. The van der Waals surface area contributed by atoms with Crippen LogP contribution in [0.3, 0.4) is 0 Å². The molecule has 1 atom stereocenters. The zero-order chi connectivity index (χ0) is 17.4. The molecule has 1 aliphatic carbocycles. The van der Waals surface area contributed by atoms with Crippen molar-refractivity contribution >= 4 is 9.84 Å². The van der Waals surface area contributed by atoms with Crippen molar-refractivity contribution in [3.05, 3.63) is 41.8 Å². The summed E-state index contributed by atoms with van der Waals surface area (Å²) in [5, 5.41) is 3.95. The summed E-state index contributed by atoms with van der Waals surface area (Å²) < 4.78 is 43.0. The van der Waals surface area contributed by atoms with Gasteiger partial charge in [0.05, 0.1) is 16.2 Å². The first-order valence-corrected chi connectivity index (χ1v) is 9.57. The van der Waals surface area contributed by atoms with Crippen LogP contribution in [0.15, 0.2) is 33.7 Å². The van der Waals surface area contributed by atoms with Gasteiger partial charge in [-0.05, 0) is 37.1 Å². The molecule has 1 aliphatic rings. The lowest BCUT2D eigenvalue weighted by Crippen LogP contribution is -2.34. The van der Waals surface area contributed by atoms with Crippen molar-refractivity contribution in [3.63, 3.8) is 0 Å². The van der Waals surface area contributed by atoms with Crippen LogP contribution in [0.2, 0.25) is 0 Å². The molecule has 24 heavy (non-hydrogen) atoms. The SMILES string of the molecule is CC(CS(=O)(=O)c1ccc(F)cc1)c1nc(C2(N)CCCC2)no1. The number of rotatable bonds is 5. The van der Waals surface area contributed by atoms with E-state index >= 15 is 0 Å². The van der Waals surface area contributed by atoms with Crippen molar-refractivity contribution in [2.75, 3.05) is 5.75 Å². The number of hydrogen-bond donors (Lipinski definition) is 1. The molecule has 0 spiro atoms. The van der Waals surface area contributed by atoms with Gasteiger partial charge in [0.1, 0.15) is 5.82 Å². The highest BCUT2D eigenvalue weighted by atomic mass is 32.2. The Bertz CT molecular complexity index is 811. The van der Waals surface area contributed by atoms with E-state index in [4.69, 9.17) is 10.3 Å². The maximum absolute atomic E-state index is 12.9. The smallest absolute Gasteiger partial charge is 0.230 e. The molecule has 6 nitrogen and oxygen atoms in total. The van der Waals surface area contributed by atoms with Crippen molar-refractivity contribution in [1.82, 2.24) is 10.1 Å². The van der Waals surface area contributed by atoms with Crippen LogP contribution >= 0.6 is 0 Å². The van der Waals surface area contributed by atoms with Gasteiger partial charge >= 0.3 is 0 Å². The van der Waals surface area contributed by atoms with Crippen molar-refractivity contribution in [1.29, 1.82) is 0 Å². The summed E-state index contributed by atoms with van der Waals surface area (Å²) >= 11 is 0. The molecule has 130 valence electrons. The predicted molar refractivity (Wildman–Crippen MR) is 85.5 cm³/mol. The van der Waals surface area contributed by atoms with E-state index in [0.717, 1.165) is 37.8 Å². The molecular weight excluding hydrogens is 333 g/mol. The standard InChI is InChI=1S/C16H20FN3O3S/c1-11(10-24(21,22)13-6-4-12(17)5-7-13)14-19-15(20-23-14)16(18)8-2-3-9-16/h4-7,11H,2-3,8-10,18H2,1H3. The van der Waals surface area contributed by atoms with Crippen LogP contribution in [0.1, 0.15) is 50.2 Å². The Morgan fingerprint density at radius 2 is 1.92 bits per heavy atom. The maximum atomic E-state index is 12.9. The van der Waals surface area contributed by atoms with Gasteiger partial charge < -0.3 is 10.3 Å². The lowest BCUT2D eigenvalue weighted by atomic mass is 9.98. The zero-order valence-corrected chi connectivity index (χ0v) is 14.2. The van der Waals surface area contributed by atoms with Gasteiger partial charge in [0.25, 0.3) is 0 Å². The normalized spacial score (nSPS) is 18.6. The summed E-state index contributed by atoms with van der Waals surface area (Å²) in [6.45, 7) is 1.70. The summed E-state index contributed by atoms with van der Waals surface area (Å²) in [5.74, 6) is -0.453. The van der Waals surface area contributed by atoms with Crippen molar-refractivity contribution in [2.24, 2.45) is 5.73 Å². The molecule has 0 saturated heterocycles. The van der Waals surface area contributed by atoms with E-state index in [-0.39, 0.29) is 16.5 Å². The molecule has 1 aromatic heterocycles. The summed E-state index contributed by atoms with van der Waals surface area (Å²) in [4.78, 5) is 4.40. The molecule has 2 N–H and O–H groups in total. The minimum atomic E-state index is -3.58. The Morgan fingerprint density at radius 3 is 2.54 bits per heavy atom. The van der Waals surface area contributed by atoms with E-state index in [0.29, 0.717) is 5.82 Å². The molecule has 1 heterocycles. The number of benzene rings is 1. The van der Waals surface area contributed by atoms with Crippen LogP contribution < -0.4 is 5.73 Å². The highest BCUT2D eigenvalue weighted by Crippen LogP contribution is 2.35. The topological polar surface area (TPSA) is 99.1 Å². The van der Waals surface area contributed by atoms with Crippen LogP contribution in [-0.2, 0) is 15.4 Å². The second-order valence-corrected chi connectivity index (χ2v) is 8.49. The zero-order valence-electron chi connectivity index (χ0n) is 13.4. The molecule has 0 bridgehead atoms. The summed E-state index contributed by atoms with van der Waals surface area (Å²) in [7, 11) is -3.58. The Kier molecular flexibility index (Phi) is 4.44. The molecular formula is C16H20FN3O3S. The molecule has 3 rings (SSSR count). The second-order valence-electron chi connectivity index (χ2n) is 6.46. The fourth-order valence-corrected chi connectivity index (χ4v) is 4.55. The number of halogens is 1. The van der Waals surface area contributed by atoms with Crippen molar-refractivity contribution in [2.45, 2.75) is 49.0 Å². The van der Waals surface area contributed by atoms with Crippen LogP contribution in [0.4, 0.5) is 4.39 Å². The van der Waals surface area contributed by atoms with Gasteiger partial charge in [-0.1, -0.05) is 24.9 Å². The quantitative estimate of drug-likeness (QED) is 0.829. The molecule has 0 radical (unpaired) electrons.